The minimum Gasteiger partial charge on any atom is -0.299 e. The zero-order valence-electron chi connectivity index (χ0n) is 3.43. The molecular formula is C4H3BrO2. The van der Waals surface area contributed by atoms with Gasteiger partial charge >= 0.3 is 0 Å². The highest BCUT2D eigenvalue weighted by molar-refractivity contribution is 9.18. The molecule has 0 aromatic carbocycles. The van der Waals surface area contributed by atoms with Gasteiger partial charge in [-0.1, -0.05) is 0 Å². The summed E-state index contributed by atoms with van der Waals surface area (Å²) < 4.78 is -0.292. The summed E-state index contributed by atoms with van der Waals surface area (Å²) in [6, 6.07) is 0. The molecule has 0 aromatic rings. The molecule has 0 aliphatic rings. The summed E-state index contributed by atoms with van der Waals surface area (Å²) in [7, 11) is 0. The molecule has 0 radical (unpaired) electrons. The predicted octanol–water partition coefficient (Wildman–Crippen LogP) is 0.663. The predicted molar refractivity (Wildman–Crippen MR) is 29.1 cm³/mol. The van der Waals surface area contributed by atoms with Crippen LogP contribution in [0.15, 0.2) is 12.2 Å². The van der Waals surface area contributed by atoms with Crippen molar-refractivity contribution in [2.75, 3.05) is 0 Å². The van der Waals surface area contributed by atoms with Gasteiger partial charge in [-0.3, -0.25) is 9.59 Å². The highest BCUT2D eigenvalue weighted by Crippen LogP contribution is 1.82. The fourth-order valence-electron chi connectivity index (χ4n) is 0.115. The number of halogens is 1. The third kappa shape index (κ3) is 5.56. The van der Waals surface area contributed by atoms with Gasteiger partial charge in [0.1, 0.15) is 6.29 Å². The van der Waals surface area contributed by atoms with Gasteiger partial charge in [-0.15, -0.1) is 0 Å². The maximum atomic E-state index is 9.87. The van der Waals surface area contributed by atoms with Crippen molar-refractivity contribution in [1.29, 1.82) is 0 Å². The Morgan fingerprint density at radius 3 is 2.29 bits per heavy atom. The van der Waals surface area contributed by atoms with Gasteiger partial charge in [-0.2, -0.15) is 0 Å². The lowest BCUT2D eigenvalue weighted by molar-refractivity contribution is -0.107. The van der Waals surface area contributed by atoms with Crippen LogP contribution in [-0.2, 0) is 9.59 Å². The van der Waals surface area contributed by atoms with Crippen LogP contribution in [0, 0.1) is 0 Å². The van der Waals surface area contributed by atoms with Crippen LogP contribution in [0.1, 0.15) is 0 Å². The van der Waals surface area contributed by atoms with Crippen LogP contribution in [0.3, 0.4) is 0 Å². The van der Waals surface area contributed by atoms with Crippen LogP contribution >= 0.6 is 15.9 Å². The van der Waals surface area contributed by atoms with E-state index in [0.29, 0.717) is 6.29 Å². The Hall–Kier alpha value is -0.440. The summed E-state index contributed by atoms with van der Waals surface area (Å²) in [5.74, 6) is 0. The molecule has 3 heteroatoms. The molecule has 0 N–H and O–H groups in total. The maximum absolute atomic E-state index is 9.87. The van der Waals surface area contributed by atoms with Crippen molar-refractivity contribution in [2.24, 2.45) is 0 Å². The van der Waals surface area contributed by atoms with Crippen LogP contribution in [0.2, 0.25) is 0 Å². The Morgan fingerprint density at radius 2 is 2.14 bits per heavy atom. The van der Waals surface area contributed by atoms with Crippen molar-refractivity contribution in [3.63, 3.8) is 0 Å². The van der Waals surface area contributed by atoms with Crippen LogP contribution in [0.25, 0.3) is 0 Å². The summed E-state index contributed by atoms with van der Waals surface area (Å²) in [6.07, 6.45) is 2.79. The molecule has 0 unspecified atom stereocenters. The van der Waals surface area contributed by atoms with Crippen molar-refractivity contribution in [1.82, 2.24) is 0 Å². The highest BCUT2D eigenvalue weighted by atomic mass is 79.9. The number of hydrogen-bond donors (Lipinski definition) is 0. The van der Waals surface area contributed by atoms with E-state index in [-0.39, 0.29) is 4.69 Å². The Bertz CT molecular complexity index is 106. The number of aldehydes is 1. The molecule has 0 amide bonds. The second-order valence-electron chi connectivity index (χ2n) is 0.799. The monoisotopic (exact) mass is 162 g/mol. The number of allylic oxidation sites excluding steroid dienone is 2. The minimum absolute atomic E-state index is 0.292. The lowest BCUT2D eigenvalue weighted by Gasteiger charge is -1.65. The first-order valence-electron chi connectivity index (χ1n) is 1.58. The fraction of sp³-hybridized carbons (Fsp3) is 0. The summed E-state index contributed by atoms with van der Waals surface area (Å²) in [4.78, 5) is 19.3. The summed E-state index contributed by atoms with van der Waals surface area (Å²) >= 11 is 2.59. The Labute approximate surface area is 49.3 Å². The first-order valence-corrected chi connectivity index (χ1v) is 2.38. The number of rotatable bonds is 2. The van der Waals surface area contributed by atoms with Crippen molar-refractivity contribution in [3.8, 4) is 0 Å². The van der Waals surface area contributed by atoms with Gasteiger partial charge in [0.2, 0.25) is 4.69 Å². The van der Waals surface area contributed by atoms with Gasteiger partial charge in [-0.25, -0.2) is 0 Å². The van der Waals surface area contributed by atoms with Gasteiger partial charge in [0.15, 0.2) is 0 Å². The Kier molecular flexibility index (Phi) is 3.50. The van der Waals surface area contributed by atoms with Crippen LogP contribution < -0.4 is 0 Å². The molecular weight excluding hydrogens is 160 g/mol. The lowest BCUT2D eigenvalue weighted by Crippen LogP contribution is -1.72. The van der Waals surface area contributed by atoms with E-state index in [9.17, 15) is 9.59 Å². The van der Waals surface area contributed by atoms with Gasteiger partial charge < -0.3 is 0 Å². The topological polar surface area (TPSA) is 34.1 Å². The van der Waals surface area contributed by atoms with Crippen molar-refractivity contribution < 1.29 is 9.59 Å². The normalized spacial score (nSPS) is 9.29. The zero-order valence-corrected chi connectivity index (χ0v) is 5.01. The van der Waals surface area contributed by atoms with Crippen molar-refractivity contribution >= 4 is 26.9 Å². The van der Waals surface area contributed by atoms with Gasteiger partial charge in [0, 0.05) is 0 Å². The molecule has 0 aliphatic carbocycles. The average Bonchev–Trinajstić information content (AvgIpc) is 1.61. The van der Waals surface area contributed by atoms with E-state index < -0.39 is 0 Å². The van der Waals surface area contributed by atoms with Crippen LogP contribution in [0.4, 0.5) is 0 Å². The second kappa shape index (κ2) is 3.74. The van der Waals surface area contributed by atoms with Crippen LogP contribution in [0.5, 0.6) is 0 Å². The third-order valence-corrected chi connectivity index (χ3v) is 0.570. The Balaban J connectivity index is 3.46. The molecule has 0 aliphatic heterocycles. The zero-order chi connectivity index (χ0) is 5.70. The molecule has 0 saturated heterocycles. The molecule has 0 bridgehead atoms. The molecule has 0 aromatic heterocycles. The summed E-state index contributed by atoms with van der Waals surface area (Å²) in [5.41, 5.74) is 0. The van der Waals surface area contributed by atoms with E-state index in [1.54, 1.807) is 0 Å². The molecule has 0 atom stereocenters. The molecule has 0 saturated carbocycles. The van der Waals surface area contributed by atoms with E-state index in [2.05, 4.69) is 15.9 Å². The van der Waals surface area contributed by atoms with Gasteiger partial charge in [-0.05, 0) is 28.1 Å². The third-order valence-electron chi connectivity index (χ3n) is 0.306. The summed E-state index contributed by atoms with van der Waals surface area (Å²) in [5, 5.41) is 0. The van der Waals surface area contributed by atoms with E-state index in [0.717, 1.165) is 12.2 Å². The van der Waals surface area contributed by atoms with E-state index in [1.165, 1.54) is 0 Å². The largest absolute Gasteiger partial charge is 0.299 e. The van der Waals surface area contributed by atoms with E-state index in [4.69, 9.17) is 0 Å². The van der Waals surface area contributed by atoms with Crippen molar-refractivity contribution in [3.05, 3.63) is 12.2 Å². The molecule has 0 heterocycles. The molecule has 7 heavy (non-hydrogen) atoms. The molecule has 0 spiro atoms. The maximum Gasteiger partial charge on any atom is 0.220 e. The molecule has 0 rings (SSSR count). The van der Waals surface area contributed by atoms with E-state index in [1.807, 2.05) is 0 Å². The standard InChI is InChI=1S/C4H3BrO2/c5-4(7)2-1-3-6/h1-3H. The van der Waals surface area contributed by atoms with Gasteiger partial charge in [0.05, 0.1) is 0 Å². The summed E-state index contributed by atoms with van der Waals surface area (Å²) in [6.45, 7) is 0. The van der Waals surface area contributed by atoms with Crippen LogP contribution in [-0.4, -0.2) is 11.0 Å². The number of carbonyl (C=O) groups excluding carboxylic acids is 2. The molecule has 0 fully saturated rings. The SMILES string of the molecule is O=CC=CC(=O)Br. The van der Waals surface area contributed by atoms with E-state index >= 15 is 0 Å². The van der Waals surface area contributed by atoms with Crippen molar-refractivity contribution in [2.45, 2.75) is 0 Å². The molecule has 2 nitrogen and oxygen atoms in total. The quantitative estimate of drug-likeness (QED) is 0.340. The minimum atomic E-state index is -0.292. The lowest BCUT2D eigenvalue weighted by atomic mass is 10.6. The Morgan fingerprint density at radius 1 is 1.57 bits per heavy atom. The molecule has 38 valence electrons. The smallest absolute Gasteiger partial charge is 0.220 e. The average molecular weight is 163 g/mol. The second-order valence-corrected chi connectivity index (χ2v) is 1.58. The van der Waals surface area contributed by atoms with Gasteiger partial charge in [0.25, 0.3) is 0 Å². The first kappa shape index (κ1) is 6.56. The number of hydrogen-bond acceptors (Lipinski definition) is 2. The first-order chi connectivity index (χ1) is 3.27. The fourth-order valence-corrected chi connectivity index (χ4v) is 0.268. The number of carbonyl (C=O) groups is 2. The highest BCUT2D eigenvalue weighted by Gasteiger charge is 1.78.